The van der Waals surface area contributed by atoms with Crippen molar-refractivity contribution in [1.29, 1.82) is 0 Å². The number of nitrogens with one attached hydrogen (secondary N) is 1. The molecule has 0 spiro atoms. The van der Waals surface area contributed by atoms with Gasteiger partial charge in [0.05, 0.1) is 22.5 Å². The maximum Gasteiger partial charge on any atom is 0.420 e. The summed E-state index contributed by atoms with van der Waals surface area (Å²) in [5, 5.41) is 16.8. The van der Waals surface area contributed by atoms with Crippen molar-refractivity contribution in [2.75, 3.05) is 12.4 Å². The number of hydrogen-bond donors (Lipinski definition) is 1. The van der Waals surface area contributed by atoms with E-state index in [1.807, 2.05) is 36.4 Å². The average molecular weight is 667 g/mol. The fourth-order valence-electron chi connectivity index (χ4n) is 6.14. The van der Waals surface area contributed by atoms with E-state index < -0.39 is 34.1 Å². The summed E-state index contributed by atoms with van der Waals surface area (Å²) in [4.78, 5) is 24.0. The number of anilines is 1. The van der Waals surface area contributed by atoms with E-state index in [0.29, 0.717) is 30.0 Å². The Kier molecular flexibility index (Phi) is 7.19. The zero-order chi connectivity index (χ0) is 31.6. The highest BCUT2D eigenvalue weighted by atomic mass is 79.9. The first-order valence-corrected chi connectivity index (χ1v) is 14.5. The van der Waals surface area contributed by atoms with Crippen molar-refractivity contribution in [2.45, 2.75) is 38.9 Å². The van der Waals surface area contributed by atoms with Crippen molar-refractivity contribution in [2.24, 2.45) is 5.41 Å². The number of rotatable bonds is 5. The van der Waals surface area contributed by atoms with Gasteiger partial charge in [-0.25, -0.2) is 0 Å². The van der Waals surface area contributed by atoms with Gasteiger partial charge < -0.3 is 14.8 Å². The van der Waals surface area contributed by atoms with Crippen LogP contribution in [0.2, 0.25) is 0 Å². The third-order valence-corrected chi connectivity index (χ3v) is 8.60. The highest BCUT2D eigenvalue weighted by Crippen LogP contribution is 2.53. The molecule has 1 N–H and O–H groups in total. The van der Waals surface area contributed by atoms with Gasteiger partial charge in [-0.15, -0.1) is 0 Å². The second-order valence-electron chi connectivity index (χ2n) is 11.7. The number of ketones is 1. The van der Waals surface area contributed by atoms with Crippen LogP contribution in [0.5, 0.6) is 17.2 Å². The minimum Gasteiger partial charge on any atom is -0.493 e. The molecule has 4 aromatic carbocycles. The minimum absolute atomic E-state index is 0.0171. The van der Waals surface area contributed by atoms with Crippen LogP contribution in [0.1, 0.15) is 49.4 Å². The minimum atomic E-state index is -4.91. The fraction of sp³-hybridized carbons (Fsp3) is 0.242. The topological polar surface area (TPSA) is 90.7 Å². The molecule has 0 fully saturated rings. The number of fused-ring (bicyclic) bond motifs is 4. The summed E-state index contributed by atoms with van der Waals surface area (Å²) in [5.74, 6) is -0.551. The van der Waals surface area contributed by atoms with Gasteiger partial charge in [-0.2, -0.15) is 13.2 Å². The normalized spacial score (nSPS) is 17.5. The number of non-ortho nitro benzene ring substituents is 1. The summed E-state index contributed by atoms with van der Waals surface area (Å²) < 4.78 is 53.1. The number of allylic oxidation sites excluding steroid dienone is 1. The number of alkyl halides is 3. The van der Waals surface area contributed by atoms with E-state index >= 15 is 0 Å². The Labute approximate surface area is 258 Å². The van der Waals surface area contributed by atoms with Gasteiger partial charge in [0.15, 0.2) is 17.3 Å². The summed E-state index contributed by atoms with van der Waals surface area (Å²) in [6, 6.07) is 17.1. The Morgan fingerprint density at radius 3 is 2.48 bits per heavy atom. The zero-order valence-corrected chi connectivity index (χ0v) is 25.4. The fourth-order valence-corrected chi connectivity index (χ4v) is 6.69. The van der Waals surface area contributed by atoms with Crippen LogP contribution in [0.15, 0.2) is 76.8 Å². The van der Waals surface area contributed by atoms with Gasteiger partial charge in [0.1, 0.15) is 11.3 Å². The molecule has 1 aliphatic heterocycles. The molecule has 0 saturated heterocycles. The van der Waals surface area contributed by atoms with E-state index in [2.05, 4.69) is 35.1 Å². The van der Waals surface area contributed by atoms with E-state index in [1.165, 1.54) is 7.11 Å². The lowest BCUT2D eigenvalue weighted by atomic mass is 9.68. The summed E-state index contributed by atoms with van der Waals surface area (Å²) in [5.41, 5.74) is 1.86. The average Bonchev–Trinajstić information content (AvgIpc) is 2.96. The lowest BCUT2D eigenvalue weighted by Crippen LogP contribution is -2.33. The second kappa shape index (κ2) is 10.7. The number of carbonyl (C=O) groups excluding carboxylic acids is 1. The number of carbonyl (C=O) groups is 1. The molecular weight excluding hydrogens is 641 g/mol. The van der Waals surface area contributed by atoms with Crippen LogP contribution in [0.4, 0.5) is 24.5 Å². The number of benzene rings is 4. The number of nitro groups is 1. The number of hydrogen-bond acceptors (Lipinski definition) is 6. The molecule has 0 bridgehead atoms. The first kappa shape index (κ1) is 29.7. The van der Waals surface area contributed by atoms with Crippen molar-refractivity contribution >= 4 is 49.4 Å². The van der Waals surface area contributed by atoms with E-state index in [0.717, 1.165) is 39.7 Å². The van der Waals surface area contributed by atoms with E-state index in [1.54, 1.807) is 12.1 Å². The van der Waals surface area contributed by atoms with Gasteiger partial charge in [0.2, 0.25) is 0 Å². The van der Waals surface area contributed by atoms with Crippen LogP contribution in [0.3, 0.4) is 0 Å². The molecule has 6 rings (SSSR count). The standard InChI is InChI=1S/C33H26BrF3N2O5/c1-32(2)15-21-28-20-7-5-4-6-17(20)8-10-24(28)38-30(29(21)25(40)16-32)18-12-23(34)31(27(13-18)43-3)44-26-11-9-19(39(41)42)14-22(26)33(35,36)37/h4-14,30,38H,15-16H2,1-3H3/t30-/m0/s1. The molecule has 4 aromatic rings. The van der Waals surface area contributed by atoms with Crippen molar-refractivity contribution in [3.05, 3.63) is 104 Å². The van der Waals surface area contributed by atoms with Crippen molar-refractivity contribution in [1.82, 2.24) is 0 Å². The Bertz CT molecular complexity index is 1900. The van der Waals surface area contributed by atoms with E-state index in [9.17, 15) is 28.1 Å². The molecule has 44 heavy (non-hydrogen) atoms. The van der Waals surface area contributed by atoms with Crippen LogP contribution in [-0.4, -0.2) is 17.8 Å². The van der Waals surface area contributed by atoms with Crippen molar-refractivity contribution in [3.8, 4) is 17.2 Å². The predicted octanol–water partition coefficient (Wildman–Crippen LogP) is 9.64. The van der Waals surface area contributed by atoms with Gasteiger partial charge in [-0.1, -0.05) is 44.2 Å². The molecule has 0 saturated carbocycles. The van der Waals surface area contributed by atoms with Crippen LogP contribution >= 0.6 is 15.9 Å². The maximum absolute atomic E-state index is 13.9. The summed E-state index contributed by atoms with van der Waals surface area (Å²) in [6.45, 7) is 4.16. The van der Waals surface area contributed by atoms with Crippen molar-refractivity contribution in [3.63, 3.8) is 0 Å². The molecule has 7 nitrogen and oxygen atoms in total. The molecule has 11 heteroatoms. The number of ether oxygens (including phenoxy) is 2. The smallest absolute Gasteiger partial charge is 0.420 e. The van der Waals surface area contributed by atoms with E-state index in [4.69, 9.17) is 9.47 Å². The van der Waals surface area contributed by atoms with Crippen LogP contribution in [0.25, 0.3) is 16.3 Å². The monoisotopic (exact) mass is 666 g/mol. The van der Waals surface area contributed by atoms with Crippen molar-refractivity contribution < 1.29 is 32.4 Å². The molecule has 0 aromatic heterocycles. The molecule has 2 aliphatic rings. The van der Waals surface area contributed by atoms with Gasteiger partial charge in [-0.3, -0.25) is 14.9 Å². The first-order chi connectivity index (χ1) is 20.8. The molecule has 1 aliphatic carbocycles. The molecule has 0 amide bonds. The molecule has 0 radical (unpaired) electrons. The molecule has 0 unspecified atom stereocenters. The van der Waals surface area contributed by atoms with Gasteiger partial charge >= 0.3 is 6.18 Å². The van der Waals surface area contributed by atoms with Gasteiger partial charge in [-0.05, 0) is 73.9 Å². The SMILES string of the molecule is COc1cc([C@@H]2Nc3ccc4ccccc4c3C3=C2C(=O)CC(C)(C)C3)cc(Br)c1Oc1ccc([N+](=O)[O-])cc1C(F)(F)F. The lowest BCUT2D eigenvalue weighted by Gasteiger charge is -2.40. The highest BCUT2D eigenvalue weighted by Gasteiger charge is 2.41. The first-order valence-electron chi connectivity index (χ1n) is 13.7. The summed E-state index contributed by atoms with van der Waals surface area (Å²) >= 11 is 3.44. The quantitative estimate of drug-likeness (QED) is 0.168. The third kappa shape index (κ3) is 5.19. The maximum atomic E-state index is 13.9. The predicted molar refractivity (Wildman–Crippen MR) is 164 cm³/mol. The Morgan fingerprint density at radius 2 is 1.77 bits per heavy atom. The van der Waals surface area contributed by atoms with Crippen LogP contribution in [0, 0.1) is 15.5 Å². The number of methoxy groups -OCH3 is 1. The Morgan fingerprint density at radius 1 is 1.02 bits per heavy atom. The third-order valence-electron chi connectivity index (χ3n) is 8.02. The molecule has 1 heterocycles. The highest BCUT2D eigenvalue weighted by molar-refractivity contribution is 9.10. The second-order valence-corrected chi connectivity index (χ2v) is 12.5. The Hall–Kier alpha value is -4.38. The molecule has 226 valence electrons. The number of halogens is 4. The van der Waals surface area contributed by atoms with Crippen LogP contribution < -0.4 is 14.8 Å². The molecular formula is C33H26BrF3N2O5. The Balaban J connectivity index is 1.48. The molecule has 1 atom stereocenters. The lowest BCUT2D eigenvalue weighted by molar-refractivity contribution is -0.385. The number of Topliss-reactive ketones (excluding diaryl/α,β-unsaturated/α-hetero) is 1. The van der Waals surface area contributed by atoms with E-state index in [-0.39, 0.29) is 27.2 Å². The van der Waals surface area contributed by atoms with Gasteiger partial charge in [0.25, 0.3) is 5.69 Å². The summed E-state index contributed by atoms with van der Waals surface area (Å²) in [6.07, 6.45) is -3.86. The largest absolute Gasteiger partial charge is 0.493 e. The zero-order valence-electron chi connectivity index (χ0n) is 23.8. The summed E-state index contributed by atoms with van der Waals surface area (Å²) in [7, 11) is 1.35. The van der Waals surface area contributed by atoms with Crippen LogP contribution in [-0.2, 0) is 11.0 Å². The van der Waals surface area contributed by atoms with Gasteiger partial charge in [0, 0.05) is 35.4 Å². The number of nitrogens with zero attached hydrogens (tertiary/aromatic N) is 1. The number of nitro benzene ring substituents is 1.